The number of hydrogen-bond donors (Lipinski definition) is 1. The van der Waals surface area contributed by atoms with Crippen LogP contribution in [-0.2, 0) is 17.8 Å². The summed E-state index contributed by atoms with van der Waals surface area (Å²) in [5, 5.41) is 9.57. The van der Waals surface area contributed by atoms with Gasteiger partial charge in [-0.25, -0.2) is 0 Å². The molecular weight excluding hydrogens is 264 g/mol. The lowest BCUT2D eigenvalue weighted by Gasteiger charge is -2.38. The van der Waals surface area contributed by atoms with Crippen molar-refractivity contribution in [1.82, 2.24) is 9.88 Å². The van der Waals surface area contributed by atoms with Crippen molar-refractivity contribution in [2.45, 2.75) is 32.0 Å². The highest BCUT2D eigenvalue weighted by Gasteiger charge is 2.34. The van der Waals surface area contributed by atoms with Gasteiger partial charge in [0.1, 0.15) is 6.04 Å². The molecule has 1 N–H and O–H groups in total. The van der Waals surface area contributed by atoms with Gasteiger partial charge < -0.3 is 5.11 Å². The van der Waals surface area contributed by atoms with Crippen molar-refractivity contribution < 1.29 is 9.90 Å². The SMILES string of the molecule is CC(c1ccccn1)N1Cc2ccccc2CC1C(=O)O. The van der Waals surface area contributed by atoms with Gasteiger partial charge in [0, 0.05) is 12.7 Å². The van der Waals surface area contributed by atoms with Crippen molar-refractivity contribution in [1.29, 1.82) is 0 Å². The topological polar surface area (TPSA) is 53.4 Å². The third kappa shape index (κ3) is 2.67. The van der Waals surface area contributed by atoms with Crippen molar-refractivity contribution in [3.8, 4) is 0 Å². The van der Waals surface area contributed by atoms with E-state index in [-0.39, 0.29) is 6.04 Å². The fraction of sp³-hybridized carbons (Fsp3) is 0.294. The molecule has 0 radical (unpaired) electrons. The van der Waals surface area contributed by atoms with Gasteiger partial charge >= 0.3 is 5.97 Å². The smallest absolute Gasteiger partial charge is 0.321 e. The normalized spacial score (nSPS) is 19.8. The average Bonchev–Trinajstić information content (AvgIpc) is 2.53. The molecular formula is C17H18N2O2. The summed E-state index contributed by atoms with van der Waals surface area (Å²) in [6, 6.07) is 13.3. The van der Waals surface area contributed by atoms with Crippen LogP contribution in [0.2, 0.25) is 0 Å². The van der Waals surface area contributed by atoms with Crippen LogP contribution in [0.5, 0.6) is 0 Å². The number of fused-ring (bicyclic) bond motifs is 1. The molecule has 0 spiro atoms. The number of nitrogens with zero attached hydrogens (tertiary/aromatic N) is 2. The number of benzene rings is 1. The van der Waals surface area contributed by atoms with Gasteiger partial charge in [0.25, 0.3) is 0 Å². The summed E-state index contributed by atoms with van der Waals surface area (Å²) in [4.78, 5) is 18.0. The standard InChI is InChI=1S/C17H18N2O2/c1-12(15-8-4-5-9-18-15)19-11-14-7-3-2-6-13(14)10-16(19)17(20)21/h2-9,12,16H,10-11H2,1H3,(H,20,21). The fourth-order valence-electron chi connectivity index (χ4n) is 2.97. The van der Waals surface area contributed by atoms with E-state index in [1.807, 2.05) is 48.2 Å². The summed E-state index contributed by atoms with van der Waals surface area (Å²) in [6.07, 6.45) is 2.29. The Bertz CT molecular complexity index is 642. The van der Waals surface area contributed by atoms with E-state index < -0.39 is 12.0 Å². The van der Waals surface area contributed by atoms with Gasteiger partial charge in [-0.1, -0.05) is 30.3 Å². The lowest BCUT2D eigenvalue weighted by molar-refractivity contribution is -0.145. The Morgan fingerprint density at radius 1 is 1.24 bits per heavy atom. The van der Waals surface area contributed by atoms with Gasteiger partial charge in [-0.2, -0.15) is 0 Å². The number of carboxylic acid groups (broad SMARTS) is 1. The first kappa shape index (κ1) is 13.8. The number of rotatable bonds is 3. The molecule has 1 aromatic carbocycles. The van der Waals surface area contributed by atoms with E-state index in [9.17, 15) is 9.90 Å². The Kier molecular flexibility index (Phi) is 3.71. The van der Waals surface area contributed by atoms with E-state index in [1.165, 1.54) is 5.56 Å². The zero-order chi connectivity index (χ0) is 14.8. The van der Waals surface area contributed by atoms with Crippen LogP contribution in [0.1, 0.15) is 29.8 Å². The first-order chi connectivity index (χ1) is 10.2. The second-order valence-corrected chi connectivity index (χ2v) is 5.43. The van der Waals surface area contributed by atoms with Gasteiger partial charge in [0.05, 0.1) is 11.7 Å². The predicted octanol–water partition coefficient (Wildman–Crippen LogP) is 2.65. The molecule has 0 amide bonds. The van der Waals surface area contributed by atoms with Crippen LogP contribution in [0.25, 0.3) is 0 Å². The molecule has 4 heteroatoms. The summed E-state index contributed by atoms with van der Waals surface area (Å²) in [7, 11) is 0. The summed E-state index contributed by atoms with van der Waals surface area (Å²) < 4.78 is 0. The van der Waals surface area contributed by atoms with Crippen LogP contribution in [0, 0.1) is 0 Å². The van der Waals surface area contributed by atoms with Crippen LogP contribution in [0.15, 0.2) is 48.7 Å². The van der Waals surface area contributed by atoms with Gasteiger partial charge in [0.15, 0.2) is 0 Å². The molecule has 0 saturated heterocycles. The average molecular weight is 282 g/mol. The molecule has 0 fully saturated rings. The predicted molar refractivity (Wildman–Crippen MR) is 79.8 cm³/mol. The minimum absolute atomic E-state index is 0.0272. The number of carbonyl (C=O) groups is 1. The molecule has 1 aliphatic heterocycles. The van der Waals surface area contributed by atoms with Gasteiger partial charge in [0.2, 0.25) is 0 Å². The van der Waals surface area contributed by atoms with E-state index in [4.69, 9.17) is 0 Å². The molecule has 4 nitrogen and oxygen atoms in total. The summed E-state index contributed by atoms with van der Waals surface area (Å²) >= 11 is 0. The molecule has 21 heavy (non-hydrogen) atoms. The molecule has 3 rings (SSSR count). The lowest BCUT2D eigenvalue weighted by Crippen LogP contribution is -2.46. The van der Waals surface area contributed by atoms with Crippen LogP contribution >= 0.6 is 0 Å². The Balaban J connectivity index is 1.94. The van der Waals surface area contributed by atoms with Crippen LogP contribution in [0.3, 0.4) is 0 Å². The quantitative estimate of drug-likeness (QED) is 0.940. The van der Waals surface area contributed by atoms with Crippen LogP contribution in [0.4, 0.5) is 0 Å². The second kappa shape index (κ2) is 5.66. The molecule has 2 heterocycles. The molecule has 108 valence electrons. The molecule has 2 aromatic rings. The maximum absolute atomic E-state index is 11.6. The highest BCUT2D eigenvalue weighted by Crippen LogP contribution is 2.30. The number of aromatic nitrogens is 1. The maximum Gasteiger partial charge on any atom is 0.321 e. The number of carboxylic acids is 1. The van der Waals surface area contributed by atoms with Crippen molar-refractivity contribution >= 4 is 5.97 Å². The van der Waals surface area contributed by atoms with Gasteiger partial charge in [-0.3, -0.25) is 14.7 Å². The Hall–Kier alpha value is -2.20. The third-order valence-electron chi connectivity index (χ3n) is 4.18. The van der Waals surface area contributed by atoms with E-state index in [0.29, 0.717) is 13.0 Å². The molecule has 1 aromatic heterocycles. The van der Waals surface area contributed by atoms with E-state index >= 15 is 0 Å². The molecule has 0 bridgehead atoms. The van der Waals surface area contributed by atoms with E-state index in [2.05, 4.69) is 11.1 Å². The highest BCUT2D eigenvalue weighted by molar-refractivity contribution is 5.74. The van der Waals surface area contributed by atoms with Crippen molar-refractivity contribution in [3.05, 3.63) is 65.5 Å². The lowest BCUT2D eigenvalue weighted by atomic mass is 9.92. The largest absolute Gasteiger partial charge is 0.480 e. The molecule has 0 aliphatic carbocycles. The summed E-state index contributed by atoms with van der Waals surface area (Å²) in [5.74, 6) is -0.771. The minimum Gasteiger partial charge on any atom is -0.480 e. The monoisotopic (exact) mass is 282 g/mol. The molecule has 2 atom stereocenters. The first-order valence-electron chi connectivity index (χ1n) is 7.13. The number of pyridine rings is 1. The zero-order valence-electron chi connectivity index (χ0n) is 11.9. The van der Waals surface area contributed by atoms with Gasteiger partial charge in [-0.15, -0.1) is 0 Å². The van der Waals surface area contributed by atoms with Crippen molar-refractivity contribution in [2.24, 2.45) is 0 Å². The summed E-state index contributed by atoms with van der Waals surface area (Å²) in [6.45, 7) is 2.66. The third-order valence-corrected chi connectivity index (χ3v) is 4.18. The Labute approximate surface area is 124 Å². The van der Waals surface area contributed by atoms with Crippen LogP contribution < -0.4 is 0 Å². The van der Waals surface area contributed by atoms with Crippen molar-refractivity contribution in [3.63, 3.8) is 0 Å². The van der Waals surface area contributed by atoms with Crippen LogP contribution in [-0.4, -0.2) is 27.0 Å². The highest BCUT2D eigenvalue weighted by atomic mass is 16.4. The molecule has 0 saturated carbocycles. The Morgan fingerprint density at radius 3 is 2.62 bits per heavy atom. The molecule has 2 unspecified atom stereocenters. The van der Waals surface area contributed by atoms with E-state index in [1.54, 1.807) is 6.20 Å². The minimum atomic E-state index is -0.771. The number of hydrogen-bond acceptors (Lipinski definition) is 3. The van der Waals surface area contributed by atoms with Crippen molar-refractivity contribution in [2.75, 3.05) is 0 Å². The fourth-order valence-corrected chi connectivity index (χ4v) is 2.97. The zero-order valence-corrected chi connectivity index (χ0v) is 11.9. The first-order valence-corrected chi connectivity index (χ1v) is 7.13. The van der Waals surface area contributed by atoms with E-state index in [0.717, 1.165) is 11.3 Å². The Morgan fingerprint density at radius 2 is 1.95 bits per heavy atom. The molecule has 1 aliphatic rings. The summed E-state index contributed by atoms with van der Waals surface area (Å²) in [5.41, 5.74) is 3.25. The number of aliphatic carboxylic acids is 1. The van der Waals surface area contributed by atoms with Gasteiger partial charge in [-0.05, 0) is 36.6 Å². The maximum atomic E-state index is 11.6. The second-order valence-electron chi connectivity index (χ2n) is 5.43.